The summed E-state index contributed by atoms with van der Waals surface area (Å²) in [6.45, 7) is 4.48. The Morgan fingerprint density at radius 2 is 2.19 bits per heavy atom. The minimum absolute atomic E-state index is 0.784. The van der Waals surface area contributed by atoms with Crippen molar-refractivity contribution in [2.45, 2.75) is 39.5 Å². The molecule has 4 heteroatoms. The Labute approximate surface area is 130 Å². The van der Waals surface area contributed by atoms with Gasteiger partial charge in [0.2, 0.25) is 5.13 Å². The van der Waals surface area contributed by atoms with E-state index in [1.165, 1.54) is 22.6 Å². The fourth-order valence-electron chi connectivity index (χ4n) is 2.59. The van der Waals surface area contributed by atoms with Crippen molar-refractivity contribution in [3.8, 4) is 0 Å². The Bertz CT molecular complexity index is 628. The monoisotopic (exact) mass is 299 g/mol. The van der Waals surface area contributed by atoms with Crippen LogP contribution >= 0.6 is 11.3 Å². The standard InChI is InChI=1S/C17H21N3S/c1-3-13-5-7-14(8-6-13)11-18-20-17-19-15-9-4-12(2)10-16(15)21-17/h5-8,11-12H,3-4,9-10H2,1-2H3,(H,19,20)/t12-/m1/s1. The molecule has 1 atom stereocenters. The smallest absolute Gasteiger partial charge is 0.203 e. The van der Waals surface area contributed by atoms with Crippen LogP contribution < -0.4 is 5.43 Å². The van der Waals surface area contributed by atoms with E-state index in [4.69, 9.17) is 0 Å². The van der Waals surface area contributed by atoms with Crippen LogP contribution in [0.1, 0.15) is 42.0 Å². The first-order valence-electron chi connectivity index (χ1n) is 7.61. The summed E-state index contributed by atoms with van der Waals surface area (Å²) >= 11 is 1.74. The molecule has 0 radical (unpaired) electrons. The minimum atomic E-state index is 0.784. The molecule has 1 aliphatic rings. The molecule has 3 nitrogen and oxygen atoms in total. The molecule has 0 unspecified atom stereocenters. The van der Waals surface area contributed by atoms with E-state index in [1.54, 1.807) is 11.3 Å². The molecule has 0 bridgehead atoms. The van der Waals surface area contributed by atoms with E-state index in [-0.39, 0.29) is 0 Å². The highest BCUT2D eigenvalue weighted by Crippen LogP contribution is 2.31. The van der Waals surface area contributed by atoms with Crippen molar-refractivity contribution >= 4 is 22.7 Å². The second kappa shape index (κ2) is 6.39. The highest BCUT2D eigenvalue weighted by atomic mass is 32.1. The largest absolute Gasteiger partial charge is 0.253 e. The molecule has 1 aliphatic carbocycles. The molecule has 1 aromatic heterocycles. The Balaban J connectivity index is 1.63. The summed E-state index contributed by atoms with van der Waals surface area (Å²) in [6.07, 6.45) is 6.44. The zero-order valence-electron chi connectivity index (χ0n) is 12.6. The van der Waals surface area contributed by atoms with Crippen LogP contribution in [0.3, 0.4) is 0 Å². The quantitative estimate of drug-likeness (QED) is 0.676. The number of nitrogens with one attached hydrogen (secondary N) is 1. The van der Waals surface area contributed by atoms with Gasteiger partial charge in [-0.05, 0) is 42.7 Å². The van der Waals surface area contributed by atoms with Gasteiger partial charge < -0.3 is 0 Å². The molecule has 21 heavy (non-hydrogen) atoms. The van der Waals surface area contributed by atoms with E-state index in [0.717, 1.165) is 35.9 Å². The van der Waals surface area contributed by atoms with Gasteiger partial charge in [0.15, 0.2) is 0 Å². The van der Waals surface area contributed by atoms with Crippen LogP contribution in [0, 0.1) is 5.92 Å². The number of rotatable bonds is 4. The molecular formula is C17H21N3S. The minimum Gasteiger partial charge on any atom is -0.253 e. The number of nitrogens with zero attached hydrogens (tertiary/aromatic N) is 2. The van der Waals surface area contributed by atoms with Gasteiger partial charge in [0.05, 0.1) is 11.9 Å². The van der Waals surface area contributed by atoms with E-state index in [9.17, 15) is 0 Å². The first-order chi connectivity index (χ1) is 10.2. The summed E-state index contributed by atoms with van der Waals surface area (Å²) in [5.74, 6) is 0.784. The Hall–Kier alpha value is -1.68. The molecule has 110 valence electrons. The second-order valence-corrected chi connectivity index (χ2v) is 6.79. The lowest BCUT2D eigenvalue weighted by atomic mass is 9.93. The molecular weight excluding hydrogens is 278 g/mol. The average Bonchev–Trinajstić information content (AvgIpc) is 2.89. The SMILES string of the molecule is CCc1ccc(C=NNc2nc3c(s2)C[C@H](C)CC3)cc1. The molecule has 0 spiro atoms. The van der Waals surface area contributed by atoms with Crippen LogP contribution in [-0.4, -0.2) is 11.2 Å². The van der Waals surface area contributed by atoms with Gasteiger partial charge in [-0.3, -0.25) is 5.43 Å². The molecule has 1 N–H and O–H groups in total. The lowest BCUT2D eigenvalue weighted by Crippen LogP contribution is -2.09. The highest BCUT2D eigenvalue weighted by Gasteiger charge is 2.19. The summed E-state index contributed by atoms with van der Waals surface area (Å²) in [7, 11) is 0. The van der Waals surface area contributed by atoms with Crippen LogP contribution in [0.15, 0.2) is 29.4 Å². The summed E-state index contributed by atoms with van der Waals surface area (Å²) in [6, 6.07) is 8.48. The lowest BCUT2D eigenvalue weighted by Gasteiger charge is -2.15. The molecule has 0 saturated carbocycles. The molecule has 2 aromatic rings. The first kappa shape index (κ1) is 14.3. The van der Waals surface area contributed by atoms with Crippen molar-refractivity contribution in [3.63, 3.8) is 0 Å². The Kier molecular flexibility index (Phi) is 4.34. The topological polar surface area (TPSA) is 37.3 Å². The number of hydrogen-bond acceptors (Lipinski definition) is 4. The molecule has 3 rings (SSSR count). The van der Waals surface area contributed by atoms with Crippen molar-refractivity contribution in [1.29, 1.82) is 0 Å². The zero-order chi connectivity index (χ0) is 14.7. The number of fused-ring (bicyclic) bond motifs is 1. The third kappa shape index (κ3) is 3.50. The molecule has 0 aliphatic heterocycles. The molecule has 1 heterocycles. The molecule has 1 aromatic carbocycles. The van der Waals surface area contributed by atoms with Gasteiger partial charge in [-0.15, -0.1) is 11.3 Å². The van der Waals surface area contributed by atoms with E-state index in [1.807, 2.05) is 6.21 Å². The average molecular weight is 299 g/mol. The number of aromatic nitrogens is 1. The highest BCUT2D eigenvalue weighted by molar-refractivity contribution is 7.15. The normalized spacial score (nSPS) is 17.9. The molecule has 0 fully saturated rings. The van der Waals surface area contributed by atoms with E-state index < -0.39 is 0 Å². The Morgan fingerprint density at radius 1 is 1.38 bits per heavy atom. The first-order valence-corrected chi connectivity index (χ1v) is 8.43. The number of hydrogen-bond donors (Lipinski definition) is 1. The number of benzene rings is 1. The van der Waals surface area contributed by atoms with Gasteiger partial charge in [-0.25, -0.2) is 4.98 Å². The van der Waals surface area contributed by atoms with Crippen molar-refractivity contribution in [1.82, 2.24) is 4.98 Å². The number of aryl methyl sites for hydroxylation is 2. The maximum absolute atomic E-state index is 4.64. The Morgan fingerprint density at radius 3 is 2.95 bits per heavy atom. The fraction of sp³-hybridized carbons (Fsp3) is 0.412. The van der Waals surface area contributed by atoms with Crippen LogP contribution in [0.25, 0.3) is 0 Å². The maximum atomic E-state index is 4.64. The van der Waals surface area contributed by atoms with Crippen LogP contribution in [0.4, 0.5) is 5.13 Å². The predicted molar refractivity (Wildman–Crippen MR) is 90.3 cm³/mol. The van der Waals surface area contributed by atoms with Crippen LogP contribution in [0.5, 0.6) is 0 Å². The van der Waals surface area contributed by atoms with E-state index in [0.29, 0.717) is 0 Å². The number of thiazole rings is 1. The van der Waals surface area contributed by atoms with Crippen LogP contribution in [-0.2, 0) is 19.3 Å². The van der Waals surface area contributed by atoms with Gasteiger partial charge >= 0.3 is 0 Å². The molecule has 0 amide bonds. The van der Waals surface area contributed by atoms with Gasteiger partial charge in [-0.1, -0.05) is 38.1 Å². The third-order valence-electron chi connectivity index (χ3n) is 3.95. The summed E-state index contributed by atoms with van der Waals surface area (Å²) in [5.41, 5.74) is 6.79. The maximum Gasteiger partial charge on any atom is 0.203 e. The van der Waals surface area contributed by atoms with Crippen LogP contribution in [0.2, 0.25) is 0 Å². The fourth-order valence-corrected chi connectivity index (χ4v) is 3.71. The summed E-state index contributed by atoms with van der Waals surface area (Å²) in [5, 5.41) is 5.22. The molecule has 0 saturated heterocycles. The lowest BCUT2D eigenvalue weighted by molar-refractivity contribution is 0.502. The summed E-state index contributed by atoms with van der Waals surface area (Å²) in [4.78, 5) is 6.07. The van der Waals surface area contributed by atoms with Crippen molar-refractivity contribution in [2.24, 2.45) is 11.0 Å². The predicted octanol–water partition coefficient (Wildman–Crippen LogP) is 4.28. The van der Waals surface area contributed by atoms with E-state index >= 15 is 0 Å². The zero-order valence-corrected chi connectivity index (χ0v) is 13.4. The van der Waals surface area contributed by atoms with Gasteiger partial charge in [-0.2, -0.15) is 5.10 Å². The summed E-state index contributed by atoms with van der Waals surface area (Å²) < 4.78 is 0. The van der Waals surface area contributed by atoms with Crippen molar-refractivity contribution in [2.75, 3.05) is 5.43 Å². The van der Waals surface area contributed by atoms with Crippen molar-refractivity contribution < 1.29 is 0 Å². The third-order valence-corrected chi connectivity index (χ3v) is 4.97. The van der Waals surface area contributed by atoms with Gasteiger partial charge in [0.1, 0.15) is 0 Å². The van der Waals surface area contributed by atoms with Gasteiger partial charge in [0.25, 0.3) is 0 Å². The van der Waals surface area contributed by atoms with Gasteiger partial charge in [0, 0.05) is 4.88 Å². The number of hydrazone groups is 1. The second-order valence-electron chi connectivity index (χ2n) is 5.70. The van der Waals surface area contributed by atoms with Crippen molar-refractivity contribution in [3.05, 3.63) is 46.0 Å². The number of anilines is 1. The van der Waals surface area contributed by atoms with E-state index in [2.05, 4.69) is 53.6 Å².